The van der Waals surface area contributed by atoms with Crippen LogP contribution in [0.3, 0.4) is 0 Å². The molecule has 0 saturated carbocycles. The molecule has 0 aromatic rings. The Morgan fingerprint density at radius 2 is 0.600 bits per heavy atom. The van der Waals surface area contributed by atoms with E-state index in [1.807, 2.05) is 0 Å². The molecule has 6 heteroatoms. The van der Waals surface area contributed by atoms with Crippen molar-refractivity contribution in [3.8, 4) is 0 Å². The zero-order valence-corrected chi connectivity index (χ0v) is 43.0. The van der Waals surface area contributed by atoms with E-state index < -0.39 is 6.10 Å². The van der Waals surface area contributed by atoms with E-state index in [1.165, 1.54) is 154 Å². The van der Waals surface area contributed by atoms with Gasteiger partial charge in [-0.15, -0.1) is 0 Å². The Morgan fingerprint density at radius 3 is 0.985 bits per heavy atom. The molecule has 0 fully saturated rings. The van der Waals surface area contributed by atoms with Gasteiger partial charge in [-0.3, -0.25) is 14.4 Å². The molecule has 0 aromatic heterocycles. The van der Waals surface area contributed by atoms with Crippen LogP contribution in [0.15, 0.2) is 60.8 Å². The smallest absolute Gasteiger partial charge is 0.306 e. The standard InChI is InChI=1S/C59H104O6/c1-4-7-10-13-16-18-20-22-24-25-26-27-28-29-30-31-32-33-35-36-38-40-43-46-49-52-58(61)64-55-56(54-63-57(60)51-48-45-42-15-12-9-6-3)65-59(62)53-50-47-44-41-39-37-34-23-21-19-17-14-11-8-5-2/h8,11,17,19,23,25-26,34,39,41,56H,4-7,9-10,12-16,18,20-22,24,27-33,35-38,40,42-55H2,1-3H3/b11-8-,19-17-,26-25-,34-23-,41-39-. The Bertz CT molecular complexity index is 1180. The Morgan fingerprint density at radius 1 is 0.323 bits per heavy atom. The van der Waals surface area contributed by atoms with Crippen molar-refractivity contribution in [3.05, 3.63) is 60.8 Å². The lowest BCUT2D eigenvalue weighted by atomic mass is 10.0. The lowest BCUT2D eigenvalue weighted by molar-refractivity contribution is -0.167. The summed E-state index contributed by atoms with van der Waals surface area (Å²) in [6.07, 6.45) is 66.8. The maximum absolute atomic E-state index is 12.7. The summed E-state index contributed by atoms with van der Waals surface area (Å²) in [5.74, 6) is -0.932. The second-order valence-corrected chi connectivity index (χ2v) is 18.5. The van der Waals surface area contributed by atoms with Crippen LogP contribution < -0.4 is 0 Å². The Hall–Kier alpha value is -2.89. The molecule has 0 saturated heterocycles. The molecular weight excluding hydrogens is 805 g/mol. The highest BCUT2D eigenvalue weighted by Gasteiger charge is 2.19. The molecule has 65 heavy (non-hydrogen) atoms. The molecule has 0 heterocycles. The number of esters is 3. The van der Waals surface area contributed by atoms with Crippen molar-refractivity contribution in [3.63, 3.8) is 0 Å². The summed E-state index contributed by atoms with van der Waals surface area (Å²) >= 11 is 0. The van der Waals surface area contributed by atoms with Gasteiger partial charge in [0.2, 0.25) is 0 Å². The van der Waals surface area contributed by atoms with Crippen LogP contribution in [0.25, 0.3) is 0 Å². The average molecular weight is 909 g/mol. The molecular formula is C59H104O6. The molecule has 1 unspecified atom stereocenters. The van der Waals surface area contributed by atoms with Gasteiger partial charge in [-0.1, -0.05) is 236 Å². The largest absolute Gasteiger partial charge is 0.462 e. The molecule has 0 spiro atoms. The highest BCUT2D eigenvalue weighted by molar-refractivity contribution is 5.71. The Kier molecular flexibility index (Phi) is 51.3. The fraction of sp³-hybridized carbons (Fsp3) is 0.780. The van der Waals surface area contributed by atoms with E-state index in [-0.39, 0.29) is 37.5 Å². The molecule has 0 rings (SSSR count). The van der Waals surface area contributed by atoms with Crippen molar-refractivity contribution in [1.29, 1.82) is 0 Å². The van der Waals surface area contributed by atoms with Crippen LogP contribution in [-0.2, 0) is 28.6 Å². The van der Waals surface area contributed by atoms with E-state index in [4.69, 9.17) is 14.2 Å². The van der Waals surface area contributed by atoms with E-state index in [2.05, 4.69) is 81.5 Å². The first-order valence-corrected chi connectivity index (χ1v) is 27.8. The number of rotatable bonds is 50. The van der Waals surface area contributed by atoms with E-state index >= 15 is 0 Å². The highest BCUT2D eigenvalue weighted by atomic mass is 16.6. The van der Waals surface area contributed by atoms with Crippen LogP contribution in [0.4, 0.5) is 0 Å². The summed E-state index contributed by atoms with van der Waals surface area (Å²) in [6.45, 7) is 6.46. The second-order valence-electron chi connectivity index (χ2n) is 18.5. The Labute approximate surface area is 402 Å². The molecule has 0 amide bonds. The first-order chi connectivity index (χ1) is 32.0. The molecule has 0 radical (unpaired) electrons. The Balaban J connectivity index is 4.16. The van der Waals surface area contributed by atoms with Gasteiger partial charge in [0, 0.05) is 19.3 Å². The summed E-state index contributed by atoms with van der Waals surface area (Å²) < 4.78 is 16.7. The second kappa shape index (κ2) is 53.7. The molecule has 376 valence electrons. The molecule has 0 aromatic carbocycles. The van der Waals surface area contributed by atoms with E-state index in [1.54, 1.807) is 0 Å². The summed E-state index contributed by atoms with van der Waals surface area (Å²) in [6, 6.07) is 0. The number of carbonyl (C=O) groups is 3. The number of unbranched alkanes of at least 4 members (excludes halogenated alkanes) is 29. The average Bonchev–Trinajstić information content (AvgIpc) is 3.30. The van der Waals surface area contributed by atoms with Gasteiger partial charge in [0.05, 0.1) is 0 Å². The van der Waals surface area contributed by atoms with Gasteiger partial charge in [0.1, 0.15) is 13.2 Å². The molecule has 1 atom stereocenters. The van der Waals surface area contributed by atoms with Crippen molar-refractivity contribution in [2.75, 3.05) is 13.2 Å². The van der Waals surface area contributed by atoms with Crippen LogP contribution in [0, 0.1) is 0 Å². The fourth-order valence-electron chi connectivity index (χ4n) is 7.84. The maximum atomic E-state index is 12.7. The normalized spacial score (nSPS) is 12.5. The highest BCUT2D eigenvalue weighted by Crippen LogP contribution is 2.16. The maximum Gasteiger partial charge on any atom is 0.306 e. The summed E-state index contributed by atoms with van der Waals surface area (Å²) in [4.78, 5) is 37.8. The predicted molar refractivity (Wildman–Crippen MR) is 279 cm³/mol. The third kappa shape index (κ3) is 51.9. The van der Waals surface area contributed by atoms with Gasteiger partial charge in [0.25, 0.3) is 0 Å². The van der Waals surface area contributed by atoms with Gasteiger partial charge in [-0.25, -0.2) is 0 Å². The molecule has 0 bridgehead atoms. The number of ether oxygens (including phenoxy) is 3. The molecule has 0 aliphatic rings. The van der Waals surface area contributed by atoms with Crippen LogP contribution in [-0.4, -0.2) is 37.2 Å². The SMILES string of the molecule is CC/C=C\C/C=C\C/C=C\C/C=C\CCCCC(=O)OC(COC(=O)CCCCCCCCC)COC(=O)CCCCCCCCCCCCCCC/C=C\CCCCCCCCCC. The zero-order chi connectivity index (χ0) is 47.2. The number of hydrogen-bond donors (Lipinski definition) is 0. The van der Waals surface area contributed by atoms with Gasteiger partial charge < -0.3 is 14.2 Å². The predicted octanol–water partition coefficient (Wildman–Crippen LogP) is 18.4. The quantitative estimate of drug-likeness (QED) is 0.0262. The summed E-state index contributed by atoms with van der Waals surface area (Å²) in [5, 5.41) is 0. The van der Waals surface area contributed by atoms with Gasteiger partial charge in [-0.2, -0.15) is 0 Å². The minimum atomic E-state index is -0.791. The fourth-order valence-corrected chi connectivity index (χ4v) is 7.84. The number of carbonyl (C=O) groups excluding carboxylic acids is 3. The number of allylic oxidation sites excluding steroid dienone is 10. The molecule has 6 nitrogen and oxygen atoms in total. The third-order valence-electron chi connectivity index (χ3n) is 12.0. The minimum absolute atomic E-state index is 0.0893. The molecule has 0 N–H and O–H groups in total. The first-order valence-electron chi connectivity index (χ1n) is 27.8. The van der Waals surface area contributed by atoms with Crippen LogP contribution >= 0.6 is 0 Å². The van der Waals surface area contributed by atoms with Gasteiger partial charge in [-0.05, 0) is 83.5 Å². The van der Waals surface area contributed by atoms with Crippen LogP contribution in [0.5, 0.6) is 0 Å². The van der Waals surface area contributed by atoms with E-state index in [0.29, 0.717) is 19.3 Å². The lowest BCUT2D eigenvalue weighted by Gasteiger charge is -2.18. The van der Waals surface area contributed by atoms with Gasteiger partial charge >= 0.3 is 17.9 Å². The van der Waals surface area contributed by atoms with Crippen molar-refractivity contribution in [2.24, 2.45) is 0 Å². The third-order valence-corrected chi connectivity index (χ3v) is 12.0. The molecule has 0 aliphatic heterocycles. The minimum Gasteiger partial charge on any atom is -0.462 e. The van der Waals surface area contributed by atoms with Crippen molar-refractivity contribution >= 4 is 17.9 Å². The summed E-state index contributed by atoms with van der Waals surface area (Å²) in [5.41, 5.74) is 0. The van der Waals surface area contributed by atoms with Crippen molar-refractivity contribution in [1.82, 2.24) is 0 Å². The van der Waals surface area contributed by atoms with Crippen LogP contribution in [0.2, 0.25) is 0 Å². The van der Waals surface area contributed by atoms with E-state index in [9.17, 15) is 14.4 Å². The van der Waals surface area contributed by atoms with Crippen molar-refractivity contribution < 1.29 is 28.6 Å². The topological polar surface area (TPSA) is 78.9 Å². The lowest BCUT2D eigenvalue weighted by Crippen LogP contribution is -2.30. The number of hydrogen-bond acceptors (Lipinski definition) is 6. The van der Waals surface area contributed by atoms with Crippen LogP contribution in [0.1, 0.15) is 278 Å². The van der Waals surface area contributed by atoms with Crippen molar-refractivity contribution in [2.45, 2.75) is 284 Å². The molecule has 0 aliphatic carbocycles. The van der Waals surface area contributed by atoms with Gasteiger partial charge in [0.15, 0.2) is 6.10 Å². The first kappa shape index (κ1) is 62.1. The van der Waals surface area contributed by atoms with E-state index in [0.717, 1.165) is 77.0 Å². The summed E-state index contributed by atoms with van der Waals surface area (Å²) in [7, 11) is 0. The zero-order valence-electron chi connectivity index (χ0n) is 43.0. The monoisotopic (exact) mass is 909 g/mol.